The van der Waals surface area contributed by atoms with Crippen molar-refractivity contribution in [3.05, 3.63) is 65.7 Å². The van der Waals surface area contributed by atoms with Crippen LogP contribution in [0.4, 0.5) is 8.78 Å². The summed E-state index contributed by atoms with van der Waals surface area (Å²) in [5, 5.41) is 2.67. The molecule has 0 spiro atoms. The van der Waals surface area contributed by atoms with Gasteiger partial charge in [0.15, 0.2) is 18.2 Å². The summed E-state index contributed by atoms with van der Waals surface area (Å²) in [5.74, 6) is -3.77. The lowest BCUT2D eigenvalue weighted by atomic mass is 10.1. The Morgan fingerprint density at radius 2 is 1.76 bits per heavy atom. The maximum Gasteiger partial charge on any atom is 0.307 e. The summed E-state index contributed by atoms with van der Waals surface area (Å²) < 4.78 is 56.9. The number of carbonyl (C=O) groups excluding carboxylic acids is 2. The molecule has 2 aromatic rings. The largest absolute Gasteiger partial charge is 0.456 e. The Morgan fingerprint density at radius 1 is 1.07 bits per heavy atom. The van der Waals surface area contributed by atoms with Gasteiger partial charge >= 0.3 is 5.97 Å². The van der Waals surface area contributed by atoms with Gasteiger partial charge < -0.3 is 10.1 Å². The second kappa shape index (κ2) is 10.1. The first-order valence-electron chi connectivity index (χ1n) is 8.63. The highest BCUT2D eigenvalue weighted by Crippen LogP contribution is 2.13. The first-order valence-corrected chi connectivity index (χ1v) is 10.1. The van der Waals surface area contributed by atoms with Crippen LogP contribution in [-0.2, 0) is 24.3 Å². The van der Waals surface area contributed by atoms with Gasteiger partial charge in [-0.3, -0.25) is 9.59 Å². The topological polar surface area (TPSA) is 102 Å². The van der Waals surface area contributed by atoms with Crippen molar-refractivity contribution in [2.45, 2.75) is 24.3 Å². The van der Waals surface area contributed by atoms with E-state index in [2.05, 4.69) is 10.0 Å². The highest BCUT2D eigenvalue weighted by Gasteiger charge is 2.17. The smallest absolute Gasteiger partial charge is 0.307 e. The van der Waals surface area contributed by atoms with E-state index in [0.29, 0.717) is 12.1 Å². The van der Waals surface area contributed by atoms with Gasteiger partial charge in [-0.25, -0.2) is 21.9 Å². The molecule has 0 aliphatic rings. The molecule has 0 aromatic heterocycles. The zero-order chi connectivity index (χ0) is 21.4. The molecule has 2 N–H and O–H groups in total. The van der Waals surface area contributed by atoms with E-state index in [4.69, 9.17) is 4.74 Å². The summed E-state index contributed by atoms with van der Waals surface area (Å²) in [6, 6.07) is 11.1. The number of ether oxygens (including phenoxy) is 1. The van der Waals surface area contributed by atoms with Crippen LogP contribution in [0.1, 0.15) is 24.9 Å². The Morgan fingerprint density at radius 3 is 2.41 bits per heavy atom. The number of hydrogen-bond acceptors (Lipinski definition) is 5. The predicted octanol–water partition coefficient (Wildman–Crippen LogP) is 2.05. The summed E-state index contributed by atoms with van der Waals surface area (Å²) in [6.07, 6.45) is -0.343. The second-order valence-electron chi connectivity index (χ2n) is 6.08. The normalized spacial score (nSPS) is 12.2. The number of amides is 1. The Labute approximate surface area is 167 Å². The maximum atomic E-state index is 13.2. The van der Waals surface area contributed by atoms with E-state index >= 15 is 0 Å². The van der Waals surface area contributed by atoms with E-state index in [1.807, 2.05) is 30.3 Å². The van der Waals surface area contributed by atoms with Crippen LogP contribution in [0.3, 0.4) is 0 Å². The van der Waals surface area contributed by atoms with Gasteiger partial charge in [-0.05, 0) is 30.7 Å². The molecule has 0 fully saturated rings. The summed E-state index contributed by atoms with van der Waals surface area (Å²) >= 11 is 0. The average Bonchev–Trinajstić information content (AvgIpc) is 2.69. The fourth-order valence-corrected chi connectivity index (χ4v) is 3.38. The number of hydrogen-bond donors (Lipinski definition) is 2. The van der Waals surface area contributed by atoms with Crippen LogP contribution in [0.25, 0.3) is 0 Å². The fourth-order valence-electron chi connectivity index (χ4n) is 2.34. The van der Waals surface area contributed by atoms with Crippen LogP contribution < -0.4 is 10.0 Å². The Kier molecular flexibility index (Phi) is 7.80. The molecule has 2 aromatic carbocycles. The number of halogens is 2. The zero-order valence-corrected chi connectivity index (χ0v) is 16.3. The van der Waals surface area contributed by atoms with Gasteiger partial charge in [0, 0.05) is 6.54 Å². The molecule has 0 aliphatic heterocycles. The third-order valence-electron chi connectivity index (χ3n) is 3.86. The van der Waals surface area contributed by atoms with Gasteiger partial charge in [0.2, 0.25) is 10.0 Å². The van der Waals surface area contributed by atoms with Crippen LogP contribution in [0.2, 0.25) is 0 Å². The highest BCUT2D eigenvalue weighted by atomic mass is 32.2. The van der Waals surface area contributed by atoms with Gasteiger partial charge in [0.05, 0.1) is 17.4 Å². The SMILES string of the molecule is CC(NC(=O)COC(=O)CCNS(=O)(=O)c1ccc(F)c(F)c1)c1ccccc1. The molecule has 0 radical (unpaired) electrons. The first-order chi connectivity index (χ1) is 13.7. The average molecular weight is 426 g/mol. The number of carbonyl (C=O) groups is 2. The molecule has 0 bridgehead atoms. The summed E-state index contributed by atoms with van der Waals surface area (Å²) in [7, 11) is -4.12. The molecule has 1 unspecified atom stereocenters. The number of rotatable bonds is 9. The molecule has 1 amide bonds. The van der Waals surface area contributed by atoms with E-state index in [1.165, 1.54) is 0 Å². The van der Waals surface area contributed by atoms with Crippen LogP contribution in [0.15, 0.2) is 53.4 Å². The lowest BCUT2D eigenvalue weighted by Crippen LogP contribution is -2.32. The molecule has 0 aliphatic carbocycles. The van der Waals surface area contributed by atoms with Gasteiger partial charge in [0.25, 0.3) is 5.91 Å². The minimum atomic E-state index is -4.12. The van der Waals surface area contributed by atoms with Crippen molar-refractivity contribution in [1.82, 2.24) is 10.0 Å². The van der Waals surface area contributed by atoms with Gasteiger partial charge in [-0.1, -0.05) is 30.3 Å². The molecule has 10 heteroatoms. The second-order valence-corrected chi connectivity index (χ2v) is 7.85. The van der Waals surface area contributed by atoms with Gasteiger partial charge in [0.1, 0.15) is 0 Å². The van der Waals surface area contributed by atoms with Crippen molar-refractivity contribution in [3.63, 3.8) is 0 Å². The van der Waals surface area contributed by atoms with Crippen molar-refractivity contribution in [2.24, 2.45) is 0 Å². The third-order valence-corrected chi connectivity index (χ3v) is 5.32. The summed E-state index contributed by atoms with van der Waals surface area (Å²) in [4.78, 5) is 23.0. The van der Waals surface area contributed by atoms with Crippen LogP contribution >= 0.6 is 0 Å². The van der Waals surface area contributed by atoms with Crippen LogP contribution in [0, 0.1) is 11.6 Å². The quantitative estimate of drug-likeness (QED) is 0.598. The van der Waals surface area contributed by atoms with E-state index < -0.39 is 45.0 Å². The molecule has 1 atom stereocenters. The summed E-state index contributed by atoms with van der Waals surface area (Å²) in [6.45, 7) is 0.941. The highest BCUT2D eigenvalue weighted by molar-refractivity contribution is 7.89. The maximum absolute atomic E-state index is 13.2. The third kappa shape index (κ3) is 6.91. The predicted molar refractivity (Wildman–Crippen MR) is 100 cm³/mol. The lowest BCUT2D eigenvalue weighted by molar-refractivity contribution is -0.148. The summed E-state index contributed by atoms with van der Waals surface area (Å²) in [5.41, 5.74) is 0.888. The molecule has 2 rings (SSSR count). The minimum absolute atomic E-state index is 0.273. The van der Waals surface area contributed by atoms with E-state index in [9.17, 15) is 26.8 Å². The molecule has 0 heterocycles. The molecular weight excluding hydrogens is 406 g/mol. The van der Waals surface area contributed by atoms with Crippen LogP contribution in [-0.4, -0.2) is 33.4 Å². The van der Waals surface area contributed by atoms with Crippen LogP contribution in [0.5, 0.6) is 0 Å². The number of benzene rings is 2. The Bertz CT molecular complexity index is 968. The van der Waals surface area contributed by atoms with E-state index in [0.717, 1.165) is 11.6 Å². The van der Waals surface area contributed by atoms with Crippen molar-refractivity contribution in [2.75, 3.05) is 13.2 Å². The molecule has 29 heavy (non-hydrogen) atoms. The van der Waals surface area contributed by atoms with Crippen molar-refractivity contribution >= 4 is 21.9 Å². The molecule has 0 saturated carbocycles. The monoisotopic (exact) mass is 426 g/mol. The van der Waals surface area contributed by atoms with E-state index in [1.54, 1.807) is 6.92 Å². The van der Waals surface area contributed by atoms with Crippen molar-refractivity contribution < 1.29 is 31.5 Å². The number of nitrogens with one attached hydrogen (secondary N) is 2. The van der Waals surface area contributed by atoms with Gasteiger partial charge in [-0.15, -0.1) is 0 Å². The fraction of sp³-hybridized carbons (Fsp3) is 0.263. The number of esters is 1. The van der Waals surface area contributed by atoms with Crippen molar-refractivity contribution in [1.29, 1.82) is 0 Å². The molecule has 156 valence electrons. The molecule has 0 saturated heterocycles. The molecule has 7 nitrogen and oxygen atoms in total. The van der Waals surface area contributed by atoms with Gasteiger partial charge in [-0.2, -0.15) is 0 Å². The Balaban J connectivity index is 1.74. The Hall–Kier alpha value is -2.85. The van der Waals surface area contributed by atoms with Crippen molar-refractivity contribution in [3.8, 4) is 0 Å². The minimum Gasteiger partial charge on any atom is -0.456 e. The van der Waals surface area contributed by atoms with E-state index in [-0.39, 0.29) is 19.0 Å². The zero-order valence-electron chi connectivity index (χ0n) is 15.5. The lowest BCUT2D eigenvalue weighted by Gasteiger charge is -2.14. The molecular formula is C19H20F2N2O5S. The number of sulfonamides is 1. The standard InChI is InChI=1S/C19H20F2N2O5S/c1-13(14-5-3-2-4-6-14)23-18(24)12-28-19(25)9-10-22-29(26,27)15-7-8-16(20)17(21)11-15/h2-8,11,13,22H,9-10,12H2,1H3,(H,23,24). The first kappa shape index (κ1) is 22.4.